The van der Waals surface area contributed by atoms with Crippen LogP contribution in [0, 0.1) is 10.1 Å². The lowest BCUT2D eigenvalue weighted by Crippen LogP contribution is -2.29. The van der Waals surface area contributed by atoms with E-state index in [2.05, 4.69) is 4.98 Å². The van der Waals surface area contributed by atoms with Crippen molar-refractivity contribution in [1.82, 2.24) is 4.98 Å². The molecule has 0 atom stereocenters. The molecule has 0 saturated heterocycles. The van der Waals surface area contributed by atoms with Crippen LogP contribution in [0.5, 0.6) is 0 Å². The summed E-state index contributed by atoms with van der Waals surface area (Å²) >= 11 is 2.41. The van der Waals surface area contributed by atoms with Crippen molar-refractivity contribution in [2.75, 3.05) is 5.32 Å². The van der Waals surface area contributed by atoms with Crippen LogP contribution in [0.1, 0.15) is 0 Å². The topological polar surface area (TPSA) is 85.1 Å². The molecule has 1 heterocycles. The van der Waals surface area contributed by atoms with Gasteiger partial charge in [-0.05, 0) is 18.2 Å². The molecule has 0 spiro atoms. The van der Waals surface area contributed by atoms with Crippen LogP contribution in [-0.2, 0) is 4.79 Å². The molecule has 0 fully saturated rings. The molecular weight excluding hydrogens is 391 g/mol. The van der Waals surface area contributed by atoms with E-state index >= 15 is 0 Å². The molecule has 134 valence electrons. The van der Waals surface area contributed by atoms with Crippen LogP contribution in [0.3, 0.4) is 0 Å². The summed E-state index contributed by atoms with van der Waals surface area (Å²) in [4.78, 5) is 26.0. The predicted octanol–water partition coefficient (Wildman–Crippen LogP) is 4.86. The Bertz CT molecular complexity index is 971. The molecule has 11 heteroatoms. The standard InChI is InChI=1S/C15H8F3N3O3S2/c16-15(17,18)13(22)19-8-5-9(21(23)24)7-10(6-8)25-14-20-11-3-1-2-4-12(11)26-14/h1-7H,(H,19,22). The van der Waals surface area contributed by atoms with Crippen LogP contribution >= 0.6 is 23.1 Å². The minimum Gasteiger partial charge on any atom is -0.318 e. The fourth-order valence-corrected chi connectivity index (χ4v) is 4.15. The second kappa shape index (κ2) is 6.92. The molecule has 3 rings (SSSR count). The van der Waals surface area contributed by atoms with Gasteiger partial charge in [0, 0.05) is 22.7 Å². The number of non-ortho nitro benzene ring substituents is 1. The van der Waals surface area contributed by atoms with Crippen molar-refractivity contribution in [3.05, 3.63) is 52.6 Å². The monoisotopic (exact) mass is 399 g/mol. The van der Waals surface area contributed by atoms with Crippen LogP contribution in [0.2, 0.25) is 0 Å². The van der Waals surface area contributed by atoms with Gasteiger partial charge in [0.25, 0.3) is 5.69 Å². The van der Waals surface area contributed by atoms with Crippen LogP contribution in [0.25, 0.3) is 10.2 Å². The lowest BCUT2D eigenvalue weighted by molar-refractivity contribution is -0.385. The molecule has 1 amide bonds. The summed E-state index contributed by atoms with van der Waals surface area (Å²) in [5, 5.41) is 12.7. The highest BCUT2D eigenvalue weighted by molar-refractivity contribution is 8.01. The van der Waals surface area contributed by atoms with Gasteiger partial charge in [-0.15, -0.1) is 11.3 Å². The van der Waals surface area contributed by atoms with Crippen LogP contribution in [-0.4, -0.2) is 22.0 Å². The van der Waals surface area contributed by atoms with E-state index in [1.165, 1.54) is 23.5 Å². The molecule has 26 heavy (non-hydrogen) atoms. The van der Waals surface area contributed by atoms with Gasteiger partial charge in [-0.2, -0.15) is 13.2 Å². The zero-order valence-corrected chi connectivity index (χ0v) is 14.2. The number of halogens is 3. The fraction of sp³-hybridized carbons (Fsp3) is 0.0667. The Labute approximate surface area is 152 Å². The van der Waals surface area contributed by atoms with Crippen molar-refractivity contribution >= 4 is 50.6 Å². The molecule has 0 bridgehead atoms. The van der Waals surface area contributed by atoms with E-state index in [0.29, 0.717) is 4.34 Å². The third-order valence-electron chi connectivity index (χ3n) is 3.10. The number of nitrogens with zero attached hydrogens (tertiary/aromatic N) is 2. The Morgan fingerprint density at radius 3 is 2.62 bits per heavy atom. The van der Waals surface area contributed by atoms with Crippen molar-refractivity contribution in [2.24, 2.45) is 0 Å². The lowest BCUT2D eigenvalue weighted by Gasteiger charge is -2.09. The average Bonchev–Trinajstić information content (AvgIpc) is 2.95. The average molecular weight is 399 g/mol. The normalized spacial score (nSPS) is 11.5. The number of nitro groups is 1. The van der Waals surface area contributed by atoms with Crippen LogP contribution in [0.15, 0.2) is 51.7 Å². The van der Waals surface area contributed by atoms with Crippen molar-refractivity contribution in [2.45, 2.75) is 15.4 Å². The van der Waals surface area contributed by atoms with Gasteiger partial charge in [-0.1, -0.05) is 23.9 Å². The number of thiazole rings is 1. The van der Waals surface area contributed by atoms with E-state index in [-0.39, 0.29) is 10.6 Å². The largest absolute Gasteiger partial charge is 0.471 e. The Morgan fingerprint density at radius 2 is 1.96 bits per heavy atom. The van der Waals surface area contributed by atoms with Gasteiger partial charge in [0.05, 0.1) is 15.1 Å². The molecule has 0 radical (unpaired) electrons. The van der Waals surface area contributed by atoms with Gasteiger partial charge in [0.15, 0.2) is 4.34 Å². The predicted molar refractivity (Wildman–Crippen MR) is 91.5 cm³/mol. The summed E-state index contributed by atoms with van der Waals surface area (Å²) < 4.78 is 38.7. The first-order valence-corrected chi connectivity index (χ1v) is 8.57. The number of nitrogens with one attached hydrogen (secondary N) is 1. The number of para-hydroxylation sites is 1. The summed E-state index contributed by atoms with van der Waals surface area (Å²) in [5.41, 5.74) is -0.00486. The minimum absolute atomic E-state index is 0.288. The van der Waals surface area contributed by atoms with Gasteiger partial charge >= 0.3 is 12.1 Å². The summed E-state index contributed by atoms with van der Waals surface area (Å²) in [6, 6.07) is 10.6. The molecular formula is C15H8F3N3O3S2. The van der Waals surface area contributed by atoms with E-state index in [9.17, 15) is 28.1 Å². The lowest BCUT2D eigenvalue weighted by atomic mass is 10.3. The number of fused-ring (bicyclic) bond motifs is 1. The maximum Gasteiger partial charge on any atom is 0.471 e. The van der Waals surface area contributed by atoms with Crippen LogP contribution < -0.4 is 5.32 Å². The molecule has 6 nitrogen and oxygen atoms in total. The number of benzene rings is 2. The maximum atomic E-state index is 12.4. The number of anilines is 1. The number of carbonyl (C=O) groups excluding carboxylic acids is 1. The third kappa shape index (κ3) is 4.11. The van der Waals surface area contributed by atoms with E-state index < -0.39 is 22.7 Å². The van der Waals surface area contributed by atoms with Crippen molar-refractivity contribution in [1.29, 1.82) is 0 Å². The highest BCUT2D eigenvalue weighted by Crippen LogP contribution is 2.37. The summed E-state index contributed by atoms with van der Waals surface area (Å²) in [7, 11) is 0. The summed E-state index contributed by atoms with van der Waals surface area (Å²) in [6.45, 7) is 0. The quantitative estimate of drug-likeness (QED) is 0.500. The van der Waals surface area contributed by atoms with Gasteiger partial charge in [-0.3, -0.25) is 14.9 Å². The summed E-state index contributed by atoms with van der Waals surface area (Å²) in [5.74, 6) is -2.20. The van der Waals surface area contributed by atoms with Gasteiger partial charge < -0.3 is 5.32 Å². The smallest absolute Gasteiger partial charge is 0.318 e. The Kier molecular flexibility index (Phi) is 4.83. The zero-order chi connectivity index (χ0) is 18.9. The van der Waals surface area contributed by atoms with Gasteiger partial charge in [0.2, 0.25) is 0 Å². The second-order valence-electron chi connectivity index (χ2n) is 4.97. The molecule has 0 saturated carbocycles. The van der Waals surface area contributed by atoms with Crippen LogP contribution in [0.4, 0.5) is 24.5 Å². The fourth-order valence-electron chi connectivity index (χ4n) is 2.02. The number of nitro benzene ring substituents is 1. The number of amides is 1. The third-order valence-corrected chi connectivity index (χ3v) is 5.17. The molecule has 0 aliphatic carbocycles. The van der Waals surface area contributed by atoms with E-state index in [4.69, 9.17) is 0 Å². The minimum atomic E-state index is -5.09. The molecule has 0 aliphatic heterocycles. The van der Waals surface area contributed by atoms with Crippen molar-refractivity contribution in [3.8, 4) is 0 Å². The Morgan fingerprint density at radius 1 is 1.23 bits per heavy atom. The molecule has 0 aliphatic rings. The number of rotatable bonds is 4. The maximum absolute atomic E-state index is 12.4. The second-order valence-corrected chi connectivity index (χ2v) is 7.33. The molecule has 1 N–H and O–H groups in total. The number of carbonyl (C=O) groups is 1. The first-order valence-electron chi connectivity index (χ1n) is 6.93. The summed E-state index contributed by atoms with van der Waals surface area (Å²) in [6.07, 6.45) is -5.09. The first-order chi connectivity index (χ1) is 12.2. The molecule has 2 aromatic carbocycles. The van der Waals surface area contributed by atoms with Gasteiger partial charge in [0.1, 0.15) is 0 Å². The van der Waals surface area contributed by atoms with E-state index in [0.717, 1.165) is 28.0 Å². The highest BCUT2D eigenvalue weighted by Gasteiger charge is 2.38. The Balaban J connectivity index is 1.92. The first kappa shape index (κ1) is 18.1. The number of aromatic nitrogens is 1. The van der Waals surface area contributed by atoms with E-state index in [1.807, 2.05) is 18.2 Å². The zero-order valence-electron chi connectivity index (χ0n) is 12.6. The van der Waals surface area contributed by atoms with Crippen molar-refractivity contribution < 1.29 is 22.9 Å². The number of hydrogen-bond acceptors (Lipinski definition) is 6. The number of alkyl halides is 3. The SMILES string of the molecule is O=C(Nc1cc(Sc2nc3ccccc3s2)cc([N+](=O)[O-])c1)C(F)(F)F. The van der Waals surface area contributed by atoms with Gasteiger partial charge in [-0.25, -0.2) is 4.98 Å². The molecule has 1 aromatic heterocycles. The van der Waals surface area contributed by atoms with E-state index in [1.54, 1.807) is 11.4 Å². The molecule has 0 unspecified atom stereocenters. The highest BCUT2D eigenvalue weighted by atomic mass is 32.2. The molecule has 3 aromatic rings. The number of hydrogen-bond donors (Lipinski definition) is 1. The van der Waals surface area contributed by atoms with Crippen molar-refractivity contribution in [3.63, 3.8) is 0 Å². The Hall–Kier alpha value is -2.66.